The number of hydrogen-bond acceptors (Lipinski definition) is 4. The van der Waals surface area contributed by atoms with Gasteiger partial charge in [0.05, 0.1) is 5.69 Å². The molecule has 0 unspecified atom stereocenters. The number of alkyl halides is 2. The molecule has 7 heteroatoms. The highest BCUT2D eigenvalue weighted by molar-refractivity contribution is 5.52. The molecule has 4 rings (SSSR count). The molecule has 2 saturated carbocycles. The maximum absolute atomic E-state index is 13.4. The molecule has 1 N–H and O–H groups in total. The van der Waals surface area contributed by atoms with Crippen LogP contribution < -0.4 is 10.1 Å². The predicted molar refractivity (Wildman–Crippen MR) is 99.8 cm³/mol. The molecule has 0 aromatic carbocycles. The molecule has 0 aliphatic heterocycles. The zero-order chi connectivity index (χ0) is 18.9. The van der Waals surface area contributed by atoms with E-state index in [1.54, 1.807) is 4.68 Å². The molecule has 0 atom stereocenters. The van der Waals surface area contributed by atoms with E-state index in [0.29, 0.717) is 24.5 Å². The van der Waals surface area contributed by atoms with Crippen molar-refractivity contribution in [2.24, 2.45) is 0 Å². The zero-order valence-electron chi connectivity index (χ0n) is 15.6. The Morgan fingerprint density at radius 2 is 1.89 bits per heavy atom. The summed E-state index contributed by atoms with van der Waals surface area (Å²) in [6.45, 7) is 1.93. The minimum absolute atomic E-state index is 0.0403. The lowest BCUT2D eigenvalue weighted by molar-refractivity contribution is -0.0360. The van der Waals surface area contributed by atoms with Gasteiger partial charge in [0, 0.05) is 42.9 Å². The molecule has 5 nitrogen and oxygen atoms in total. The van der Waals surface area contributed by atoms with Gasteiger partial charge < -0.3 is 10.1 Å². The topological polar surface area (TPSA) is 52.0 Å². The van der Waals surface area contributed by atoms with Crippen LogP contribution in [0.2, 0.25) is 0 Å². The van der Waals surface area contributed by atoms with Gasteiger partial charge in [-0.05, 0) is 51.5 Å². The Morgan fingerprint density at radius 1 is 1.15 bits per heavy atom. The fourth-order valence-corrected chi connectivity index (χ4v) is 3.89. The Balaban J connectivity index is 1.55. The summed E-state index contributed by atoms with van der Waals surface area (Å²) in [5.41, 5.74) is 1.75. The maximum Gasteiger partial charge on any atom is 0.248 e. The summed E-state index contributed by atoms with van der Waals surface area (Å²) >= 11 is 0. The number of nitrogens with zero attached hydrogens (tertiary/aromatic N) is 3. The van der Waals surface area contributed by atoms with Crippen LogP contribution >= 0.6 is 0 Å². The monoisotopic (exact) mass is 376 g/mol. The number of nitrogens with one attached hydrogen (secondary N) is 1. The third-order valence-corrected chi connectivity index (χ3v) is 5.42. The van der Waals surface area contributed by atoms with E-state index in [1.165, 1.54) is 12.8 Å². The van der Waals surface area contributed by atoms with Crippen molar-refractivity contribution in [3.05, 3.63) is 30.1 Å². The van der Waals surface area contributed by atoms with Crippen molar-refractivity contribution in [1.29, 1.82) is 0 Å². The van der Waals surface area contributed by atoms with E-state index in [1.807, 2.05) is 31.3 Å². The Kier molecular flexibility index (Phi) is 5.02. The number of rotatable bonds is 5. The van der Waals surface area contributed by atoms with E-state index in [-0.39, 0.29) is 25.0 Å². The quantitative estimate of drug-likeness (QED) is 0.807. The van der Waals surface area contributed by atoms with Crippen molar-refractivity contribution in [3.8, 4) is 11.7 Å². The van der Waals surface area contributed by atoms with Gasteiger partial charge in [-0.1, -0.05) is 0 Å². The van der Waals surface area contributed by atoms with Gasteiger partial charge in [0.1, 0.15) is 6.10 Å². The molecule has 2 fully saturated rings. The fourth-order valence-electron chi connectivity index (χ4n) is 3.89. The molecule has 2 aliphatic rings. The highest BCUT2D eigenvalue weighted by Gasteiger charge is 2.34. The van der Waals surface area contributed by atoms with Crippen LogP contribution in [0.25, 0.3) is 5.82 Å². The Morgan fingerprint density at radius 3 is 2.56 bits per heavy atom. The molecular formula is C20H26F2N4O. The lowest BCUT2D eigenvalue weighted by atomic mass is 9.92. The van der Waals surface area contributed by atoms with Crippen molar-refractivity contribution in [2.45, 2.75) is 76.4 Å². The minimum atomic E-state index is -2.52. The molecule has 2 aromatic rings. The standard InChI is InChI=1S/C20H26F2N4O/c1-14-8-11-26(25-14)18-12-16(23-15-6-9-20(21,22)10-7-15)13-19(24-18)27-17-4-2-3-5-17/h8,11-13,15,17H,2-7,9-10H2,1H3,(H,23,24). The predicted octanol–water partition coefficient (Wildman–Crippen LogP) is 4.89. The number of halogens is 2. The lowest BCUT2D eigenvalue weighted by Gasteiger charge is -2.29. The minimum Gasteiger partial charge on any atom is -0.474 e. The first-order valence-corrected chi connectivity index (χ1v) is 9.83. The molecule has 27 heavy (non-hydrogen) atoms. The molecule has 0 saturated heterocycles. The number of anilines is 1. The largest absolute Gasteiger partial charge is 0.474 e. The van der Waals surface area contributed by atoms with Crippen molar-refractivity contribution >= 4 is 5.69 Å². The van der Waals surface area contributed by atoms with Gasteiger partial charge in [0.2, 0.25) is 11.8 Å². The summed E-state index contributed by atoms with van der Waals surface area (Å²) in [6.07, 6.45) is 7.33. The molecule has 2 aliphatic carbocycles. The lowest BCUT2D eigenvalue weighted by Crippen LogP contribution is -2.32. The van der Waals surface area contributed by atoms with Gasteiger partial charge in [0.25, 0.3) is 0 Å². The van der Waals surface area contributed by atoms with Gasteiger partial charge in [-0.3, -0.25) is 0 Å². The van der Waals surface area contributed by atoms with E-state index >= 15 is 0 Å². The van der Waals surface area contributed by atoms with Gasteiger partial charge in [0.15, 0.2) is 5.82 Å². The van der Waals surface area contributed by atoms with E-state index in [9.17, 15) is 8.78 Å². The van der Waals surface area contributed by atoms with Crippen LogP contribution in [0.1, 0.15) is 57.1 Å². The normalized spacial score (nSPS) is 20.7. The first kappa shape index (κ1) is 18.2. The van der Waals surface area contributed by atoms with Crippen molar-refractivity contribution < 1.29 is 13.5 Å². The second kappa shape index (κ2) is 7.44. The first-order valence-electron chi connectivity index (χ1n) is 9.83. The number of aromatic nitrogens is 3. The smallest absolute Gasteiger partial charge is 0.248 e. The van der Waals surface area contributed by atoms with E-state index in [0.717, 1.165) is 24.2 Å². The highest BCUT2D eigenvalue weighted by atomic mass is 19.3. The second-order valence-corrected chi connectivity index (χ2v) is 7.75. The van der Waals surface area contributed by atoms with Gasteiger partial charge in [-0.25, -0.2) is 13.5 Å². The SMILES string of the molecule is Cc1ccn(-c2cc(NC3CCC(F)(F)CC3)cc(OC3CCCC3)n2)n1. The zero-order valence-corrected chi connectivity index (χ0v) is 15.6. The molecular weight excluding hydrogens is 350 g/mol. The molecule has 0 bridgehead atoms. The van der Waals surface area contributed by atoms with Gasteiger partial charge in [-0.2, -0.15) is 10.1 Å². The summed E-state index contributed by atoms with van der Waals surface area (Å²) in [7, 11) is 0. The molecule has 2 aromatic heterocycles. The van der Waals surface area contributed by atoms with Crippen molar-refractivity contribution in [1.82, 2.24) is 14.8 Å². The van der Waals surface area contributed by atoms with Crippen LogP contribution in [-0.4, -0.2) is 32.8 Å². The maximum atomic E-state index is 13.4. The number of ether oxygens (including phenoxy) is 1. The Hall–Kier alpha value is -2.18. The third kappa shape index (κ3) is 4.57. The van der Waals surface area contributed by atoms with E-state index < -0.39 is 5.92 Å². The Labute approximate surface area is 158 Å². The first-order chi connectivity index (χ1) is 13.0. The summed E-state index contributed by atoms with van der Waals surface area (Å²) < 4.78 is 34.7. The average Bonchev–Trinajstić information content (AvgIpc) is 3.28. The summed E-state index contributed by atoms with van der Waals surface area (Å²) in [6, 6.07) is 5.74. The van der Waals surface area contributed by atoms with Crippen LogP contribution in [0.4, 0.5) is 14.5 Å². The molecule has 146 valence electrons. The van der Waals surface area contributed by atoms with Crippen LogP contribution in [0.5, 0.6) is 5.88 Å². The van der Waals surface area contributed by atoms with E-state index in [2.05, 4.69) is 15.4 Å². The van der Waals surface area contributed by atoms with Crippen molar-refractivity contribution in [2.75, 3.05) is 5.32 Å². The average molecular weight is 376 g/mol. The molecule has 0 amide bonds. The number of aryl methyl sites for hydroxylation is 1. The van der Waals surface area contributed by atoms with Gasteiger partial charge in [-0.15, -0.1) is 0 Å². The van der Waals surface area contributed by atoms with Crippen molar-refractivity contribution in [3.63, 3.8) is 0 Å². The second-order valence-electron chi connectivity index (χ2n) is 7.75. The van der Waals surface area contributed by atoms with Crippen LogP contribution in [0.15, 0.2) is 24.4 Å². The Bertz CT molecular complexity index is 776. The number of pyridine rings is 1. The summed E-state index contributed by atoms with van der Waals surface area (Å²) in [4.78, 5) is 4.61. The highest BCUT2D eigenvalue weighted by Crippen LogP contribution is 2.35. The van der Waals surface area contributed by atoms with Gasteiger partial charge >= 0.3 is 0 Å². The summed E-state index contributed by atoms with van der Waals surface area (Å²) in [5, 5.41) is 7.84. The fraction of sp³-hybridized carbons (Fsp3) is 0.600. The molecule has 2 heterocycles. The molecule has 0 radical (unpaired) electrons. The molecule has 0 spiro atoms. The number of hydrogen-bond donors (Lipinski definition) is 1. The van der Waals surface area contributed by atoms with Crippen LogP contribution in [0, 0.1) is 6.92 Å². The van der Waals surface area contributed by atoms with Crippen LogP contribution in [-0.2, 0) is 0 Å². The van der Waals surface area contributed by atoms with E-state index in [4.69, 9.17) is 4.74 Å². The summed E-state index contributed by atoms with van der Waals surface area (Å²) in [5.74, 6) is -1.29. The third-order valence-electron chi connectivity index (χ3n) is 5.42. The van der Waals surface area contributed by atoms with Crippen LogP contribution in [0.3, 0.4) is 0 Å².